The molecule has 0 aromatic heterocycles. The number of carbonyl (C=O) groups excluding carboxylic acids is 1. The largest absolute Gasteiger partial charge is 0.290 e. The van der Waals surface area contributed by atoms with Crippen LogP contribution in [0.1, 0.15) is 0 Å². The second-order valence-electron chi connectivity index (χ2n) is 0.791. The van der Waals surface area contributed by atoms with Gasteiger partial charge >= 0.3 is 0 Å². The van der Waals surface area contributed by atoms with Crippen LogP contribution >= 0.6 is 11.2 Å². The van der Waals surface area contributed by atoms with Gasteiger partial charge in [-0.25, -0.2) is 0 Å². The second kappa shape index (κ2) is 2.20. The Bertz CT molecular complexity index is 67.8. The number of halogens is 3. The fourth-order valence-electron chi connectivity index (χ4n) is 0.0668. The lowest BCUT2D eigenvalue weighted by molar-refractivity contribution is 0.556. The summed E-state index contributed by atoms with van der Waals surface area (Å²) in [5.41, 5.74) is 0. The molecule has 0 saturated carbocycles. The minimum absolute atomic E-state index is 0.770. The van der Waals surface area contributed by atoms with Crippen LogP contribution in [-0.4, -0.2) is 12.0 Å². The average molecular weight is 131 g/mol. The highest BCUT2D eigenvalue weighted by Crippen LogP contribution is 2.51. The van der Waals surface area contributed by atoms with Crippen LogP contribution in [0.3, 0.4) is 0 Å². The molecular weight excluding hydrogens is 129 g/mol. The first-order chi connectivity index (χ1) is 3.06. The van der Waals surface area contributed by atoms with Gasteiger partial charge in [0.05, 0.1) is 0 Å². The normalized spacial score (nSPS) is 13.6. The van der Waals surface area contributed by atoms with Gasteiger partial charge in [-0.3, -0.25) is 4.79 Å². The monoisotopic (exact) mass is 131 g/mol. The van der Waals surface area contributed by atoms with Crippen molar-refractivity contribution >= 4 is 17.5 Å². The molecule has 0 amide bonds. The third-order valence-corrected chi connectivity index (χ3v) is 0.668. The minimum atomic E-state index is -5.10. The van der Waals surface area contributed by atoms with E-state index in [9.17, 15) is 11.7 Å². The van der Waals surface area contributed by atoms with Crippen molar-refractivity contribution in [1.82, 2.24) is 0 Å². The molecule has 0 atom stereocenters. The van der Waals surface area contributed by atoms with Crippen LogP contribution in [0.25, 0.3) is 0 Å². The maximum absolute atomic E-state index is 10.9. The van der Waals surface area contributed by atoms with E-state index in [1.165, 1.54) is 0 Å². The molecule has 0 fully saturated rings. The molecule has 0 aliphatic heterocycles. The molecule has 0 bridgehead atoms. The predicted octanol–water partition coefficient (Wildman–Crippen LogP) is 1.55. The highest BCUT2D eigenvalue weighted by atomic mass is 32.3. The zero-order valence-corrected chi connectivity index (χ0v) is 3.97. The summed E-state index contributed by atoms with van der Waals surface area (Å²) in [6.07, 6.45) is 0.770. The van der Waals surface area contributed by atoms with Crippen LogP contribution in [0.2, 0.25) is 0 Å². The molecule has 0 saturated heterocycles. The first-order valence-electron chi connectivity index (χ1n) is 1.31. The number of hydrogen-bond donors (Lipinski definition) is 0. The van der Waals surface area contributed by atoms with Crippen molar-refractivity contribution in [3.63, 3.8) is 0 Å². The molecular formula is C2H2F3OS. The third-order valence-electron chi connectivity index (χ3n) is 0.223. The van der Waals surface area contributed by atoms with E-state index in [-0.39, 0.29) is 0 Å². The Balaban J connectivity index is 3.34. The van der Waals surface area contributed by atoms with Gasteiger partial charge < -0.3 is 0 Å². The van der Waals surface area contributed by atoms with Crippen LogP contribution in [0.15, 0.2) is 0 Å². The zero-order chi connectivity index (χ0) is 5.91. The van der Waals surface area contributed by atoms with E-state index >= 15 is 0 Å². The highest BCUT2D eigenvalue weighted by Gasteiger charge is 2.19. The SMILES string of the molecule is O=[C]CS(F)(F)F. The Kier molecular flexibility index (Phi) is 2.14. The Morgan fingerprint density at radius 2 is 1.86 bits per heavy atom. The van der Waals surface area contributed by atoms with Crippen LogP contribution in [0.4, 0.5) is 11.7 Å². The van der Waals surface area contributed by atoms with E-state index in [1.54, 1.807) is 0 Å². The molecule has 1 radical (unpaired) electrons. The van der Waals surface area contributed by atoms with E-state index in [0.29, 0.717) is 0 Å². The van der Waals surface area contributed by atoms with Gasteiger partial charge in [-0.15, -0.1) is 11.7 Å². The summed E-state index contributed by atoms with van der Waals surface area (Å²) in [5, 5.41) is 0. The van der Waals surface area contributed by atoms with Crippen molar-refractivity contribution in [3.05, 3.63) is 0 Å². The fourth-order valence-corrected chi connectivity index (χ4v) is 0.200. The molecule has 1 nitrogen and oxygen atoms in total. The number of rotatable bonds is 2. The summed E-state index contributed by atoms with van der Waals surface area (Å²) in [5.74, 6) is -1.38. The van der Waals surface area contributed by atoms with Gasteiger partial charge in [-0.05, 0) is 0 Å². The van der Waals surface area contributed by atoms with Crippen LogP contribution in [-0.2, 0) is 4.79 Å². The van der Waals surface area contributed by atoms with Gasteiger partial charge in [-0.2, -0.15) is 0 Å². The van der Waals surface area contributed by atoms with Crippen LogP contribution in [0, 0.1) is 0 Å². The lowest BCUT2D eigenvalue weighted by atomic mass is 10.9. The molecule has 7 heavy (non-hydrogen) atoms. The van der Waals surface area contributed by atoms with E-state index in [4.69, 9.17) is 4.79 Å². The van der Waals surface area contributed by atoms with Crippen molar-refractivity contribution in [2.45, 2.75) is 0 Å². The molecule has 0 N–H and O–H groups in total. The van der Waals surface area contributed by atoms with Gasteiger partial charge in [0.1, 0.15) is 5.75 Å². The average Bonchev–Trinajstić information content (AvgIpc) is 1.30. The lowest BCUT2D eigenvalue weighted by Crippen LogP contribution is -1.84. The van der Waals surface area contributed by atoms with Gasteiger partial charge in [-0.1, -0.05) is 0 Å². The second-order valence-corrected chi connectivity index (χ2v) is 2.08. The van der Waals surface area contributed by atoms with Gasteiger partial charge in [0.25, 0.3) is 0 Å². The lowest BCUT2D eigenvalue weighted by Gasteiger charge is -2.00. The summed E-state index contributed by atoms with van der Waals surface area (Å²) in [6, 6.07) is 0. The first kappa shape index (κ1) is 6.81. The van der Waals surface area contributed by atoms with E-state index < -0.39 is 16.9 Å². The molecule has 0 heterocycles. The smallest absolute Gasteiger partial charge is 0.216 e. The third kappa shape index (κ3) is 5.81. The molecule has 43 valence electrons. The van der Waals surface area contributed by atoms with E-state index in [2.05, 4.69) is 0 Å². The van der Waals surface area contributed by atoms with E-state index in [0.717, 1.165) is 6.29 Å². The van der Waals surface area contributed by atoms with Gasteiger partial charge in [0.2, 0.25) is 17.5 Å². The Hall–Kier alpha value is -0.190. The van der Waals surface area contributed by atoms with E-state index in [1.807, 2.05) is 0 Å². The fraction of sp³-hybridized carbons (Fsp3) is 0.500. The van der Waals surface area contributed by atoms with Crippen molar-refractivity contribution in [2.24, 2.45) is 0 Å². The van der Waals surface area contributed by atoms with Gasteiger partial charge in [0, 0.05) is 0 Å². The topological polar surface area (TPSA) is 17.1 Å². The molecule has 0 rings (SSSR count). The van der Waals surface area contributed by atoms with Crippen LogP contribution in [0.5, 0.6) is 0 Å². The van der Waals surface area contributed by atoms with Crippen LogP contribution < -0.4 is 0 Å². The first-order valence-corrected chi connectivity index (χ1v) is 2.81. The number of hydrogen-bond acceptors (Lipinski definition) is 1. The summed E-state index contributed by atoms with van der Waals surface area (Å²) < 4.78 is 32.6. The molecule has 0 aromatic rings. The molecule has 0 aliphatic carbocycles. The standard InChI is InChI=1S/C2H2F3OS/c3-7(4,5)2-1-6/h2H2. The minimum Gasteiger partial charge on any atom is -0.290 e. The summed E-state index contributed by atoms with van der Waals surface area (Å²) >= 11 is -5.10. The van der Waals surface area contributed by atoms with Gasteiger partial charge in [0.15, 0.2) is 0 Å². The highest BCUT2D eigenvalue weighted by molar-refractivity contribution is 8.21. The summed E-state index contributed by atoms with van der Waals surface area (Å²) in [7, 11) is 0. The maximum atomic E-state index is 10.9. The Labute approximate surface area is 40.7 Å². The summed E-state index contributed by atoms with van der Waals surface area (Å²) in [4.78, 5) is 9.00. The molecule has 0 aliphatic rings. The molecule has 0 unspecified atom stereocenters. The molecule has 0 spiro atoms. The quantitative estimate of drug-likeness (QED) is 0.555. The summed E-state index contributed by atoms with van der Waals surface area (Å²) in [6.45, 7) is 0. The molecule has 5 heteroatoms. The Morgan fingerprint density at radius 3 is 1.86 bits per heavy atom. The van der Waals surface area contributed by atoms with Crippen molar-refractivity contribution in [3.8, 4) is 0 Å². The Morgan fingerprint density at radius 1 is 1.43 bits per heavy atom. The predicted molar refractivity (Wildman–Crippen MR) is 21.5 cm³/mol. The van der Waals surface area contributed by atoms with Crippen molar-refractivity contribution in [2.75, 3.05) is 5.75 Å². The zero-order valence-electron chi connectivity index (χ0n) is 3.16. The molecule has 0 aromatic carbocycles. The van der Waals surface area contributed by atoms with Crippen molar-refractivity contribution < 1.29 is 16.5 Å². The maximum Gasteiger partial charge on any atom is 0.216 e. The van der Waals surface area contributed by atoms with Crippen molar-refractivity contribution in [1.29, 1.82) is 0 Å².